The lowest BCUT2D eigenvalue weighted by Crippen LogP contribution is -2.37. The second-order valence-corrected chi connectivity index (χ2v) is 8.38. The van der Waals surface area contributed by atoms with E-state index >= 15 is 0 Å². The number of non-ortho nitro benzene ring substituents is 1. The molecule has 0 aliphatic heterocycles. The molecule has 9 heteroatoms. The monoisotopic (exact) mass is 356 g/mol. The number of sulfonamides is 1. The third-order valence-corrected chi connectivity index (χ3v) is 5.31. The summed E-state index contributed by atoms with van der Waals surface area (Å²) in [6.45, 7) is 1.55. The van der Waals surface area contributed by atoms with Crippen LogP contribution in [0.2, 0.25) is 0 Å². The lowest BCUT2D eigenvalue weighted by atomic mass is 9.85. The number of nitro benzene ring substituents is 1. The van der Waals surface area contributed by atoms with Crippen molar-refractivity contribution < 1.29 is 13.3 Å². The lowest BCUT2D eigenvalue weighted by Gasteiger charge is -2.32. The summed E-state index contributed by atoms with van der Waals surface area (Å²) in [5.41, 5.74) is 0.200. The van der Waals surface area contributed by atoms with Gasteiger partial charge in [0, 0.05) is 36.3 Å². The van der Waals surface area contributed by atoms with Crippen LogP contribution >= 0.6 is 0 Å². The van der Waals surface area contributed by atoms with Crippen LogP contribution in [0, 0.1) is 15.5 Å². The van der Waals surface area contributed by atoms with Gasteiger partial charge >= 0.3 is 0 Å². The fraction of sp³-hybridized carbons (Fsp3) is 0.600. The zero-order valence-corrected chi connectivity index (χ0v) is 14.8. The molecule has 1 aromatic carbocycles. The summed E-state index contributed by atoms with van der Waals surface area (Å²) >= 11 is 0. The summed E-state index contributed by atoms with van der Waals surface area (Å²) < 4.78 is 23.1. The van der Waals surface area contributed by atoms with Gasteiger partial charge in [0.1, 0.15) is 0 Å². The SMILES string of the molecule is CN(C)CC1(CNc2cc([N+](=O)[O-])cc(S(N)(=O)=O)c2)CCCC1. The highest BCUT2D eigenvalue weighted by molar-refractivity contribution is 7.89. The zero-order chi connectivity index (χ0) is 18.0. The van der Waals surface area contributed by atoms with Crippen molar-refractivity contribution in [2.45, 2.75) is 30.6 Å². The van der Waals surface area contributed by atoms with Crippen LogP contribution < -0.4 is 10.5 Å². The minimum absolute atomic E-state index is 0.0931. The topological polar surface area (TPSA) is 119 Å². The minimum Gasteiger partial charge on any atom is -0.384 e. The fourth-order valence-electron chi connectivity index (χ4n) is 3.43. The molecule has 1 fully saturated rings. The van der Waals surface area contributed by atoms with Gasteiger partial charge in [0.05, 0.1) is 9.82 Å². The van der Waals surface area contributed by atoms with Crippen molar-refractivity contribution in [3.63, 3.8) is 0 Å². The Morgan fingerprint density at radius 2 is 1.92 bits per heavy atom. The Morgan fingerprint density at radius 3 is 2.42 bits per heavy atom. The summed E-state index contributed by atoms with van der Waals surface area (Å²) in [4.78, 5) is 12.3. The smallest absolute Gasteiger partial charge is 0.272 e. The Bertz CT molecular complexity index is 712. The Balaban J connectivity index is 2.25. The number of hydrogen-bond donors (Lipinski definition) is 2. The molecular formula is C15H24N4O4S. The van der Waals surface area contributed by atoms with E-state index in [0.717, 1.165) is 38.3 Å². The Labute approximate surface area is 142 Å². The molecule has 8 nitrogen and oxygen atoms in total. The number of nitrogens with one attached hydrogen (secondary N) is 1. The lowest BCUT2D eigenvalue weighted by molar-refractivity contribution is -0.385. The van der Waals surface area contributed by atoms with Gasteiger partial charge in [-0.15, -0.1) is 0 Å². The highest BCUT2D eigenvalue weighted by atomic mass is 32.2. The summed E-state index contributed by atoms with van der Waals surface area (Å²) in [7, 11) is 0.0352. The van der Waals surface area contributed by atoms with Gasteiger partial charge in [-0.1, -0.05) is 12.8 Å². The first-order valence-corrected chi connectivity index (χ1v) is 9.37. The fourth-order valence-corrected chi connectivity index (χ4v) is 4.01. The van der Waals surface area contributed by atoms with E-state index in [9.17, 15) is 18.5 Å². The molecule has 3 N–H and O–H groups in total. The predicted molar refractivity (Wildman–Crippen MR) is 92.4 cm³/mol. The maximum absolute atomic E-state index is 11.5. The summed E-state index contributed by atoms with van der Waals surface area (Å²) in [5.74, 6) is 0. The highest BCUT2D eigenvalue weighted by Gasteiger charge is 2.34. The summed E-state index contributed by atoms with van der Waals surface area (Å²) in [5, 5.41) is 19.3. The van der Waals surface area contributed by atoms with Crippen LogP contribution in [-0.2, 0) is 10.0 Å². The maximum Gasteiger partial charge on any atom is 0.272 e. The number of benzene rings is 1. The Kier molecular flexibility index (Phi) is 5.46. The number of nitrogens with zero attached hydrogens (tertiary/aromatic N) is 2. The largest absolute Gasteiger partial charge is 0.384 e. The number of nitro groups is 1. The van der Waals surface area contributed by atoms with E-state index in [1.807, 2.05) is 14.1 Å². The van der Waals surface area contributed by atoms with Crippen LogP contribution in [0.25, 0.3) is 0 Å². The molecule has 134 valence electrons. The Hall–Kier alpha value is -1.71. The van der Waals surface area contributed by atoms with E-state index in [2.05, 4.69) is 10.2 Å². The van der Waals surface area contributed by atoms with Gasteiger partial charge in [-0.25, -0.2) is 13.6 Å². The van der Waals surface area contributed by atoms with E-state index in [1.165, 1.54) is 12.1 Å². The third-order valence-electron chi connectivity index (χ3n) is 4.41. The van der Waals surface area contributed by atoms with Gasteiger partial charge in [0.25, 0.3) is 5.69 Å². The molecule has 0 unspecified atom stereocenters. The van der Waals surface area contributed by atoms with Crippen molar-refractivity contribution in [1.82, 2.24) is 4.90 Å². The standard InChI is InChI=1S/C15H24N4O4S/c1-18(2)11-15(5-3-4-6-15)10-17-12-7-13(19(20)21)9-14(8-12)24(16,22)23/h7-9,17H,3-6,10-11H2,1-2H3,(H2,16,22,23). The number of hydrogen-bond acceptors (Lipinski definition) is 6. The van der Waals surface area contributed by atoms with E-state index < -0.39 is 14.9 Å². The molecule has 1 aliphatic rings. The van der Waals surface area contributed by atoms with Crippen molar-refractivity contribution in [3.05, 3.63) is 28.3 Å². The van der Waals surface area contributed by atoms with Crippen molar-refractivity contribution in [3.8, 4) is 0 Å². The van der Waals surface area contributed by atoms with E-state index in [0.29, 0.717) is 12.2 Å². The Morgan fingerprint density at radius 1 is 1.29 bits per heavy atom. The maximum atomic E-state index is 11.5. The summed E-state index contributed by atoms with van der Waals surface area (Å²) in [6.07, 6.45) is 4.48. The average Bonchev–Trinajstić information content (AvgIpc) is 2.92. The predicted octanol–water partition coefficient (Wildman–Crippen LogP) is 1.78. The van der Waals surface area contributed by atoms with Gasteiger partial charge in [-0.05, 0) is 33.0 Å². The number of anilines is 1. The molecule has 1 saturated carbocycles. The molecule has 0 saturated heterocycles. The van der Waals surface area contributed by atoms with Gasteiger partial charge in [-0.3, -0.25) is 10.1 Å². The average molecular weight is 356 g/mol. The molecule has 0 spiro atoms. The normalized spacial score (nSPS) is 17.2. The first-order valence-electron chi connectivity index (χ1n) is 7.82. The van der Waals surface area contributed by atoms with Crippen LogP contribution in [0.5, 0.6) is 0 Å². The van der Waals surface area contributed by atoms with Gasteiger partial charge in [0.2, 0.25) is 10.0 Å². The van der Waals surface area contributed by atoms with Gasteiger partial charge in [-0.2, -0.15) is 0 Å². The van der Waals surface area contributed by atoms with E-state index in [4.69, 9.17) is 5.14 Å². The molecule has 0 atom stereocenters. The molecule has 0 aromatic heterocycles. The minimum atomic E-state index is -4.01. The van der Waals surface area contributed by atoms with E-state index in [1.54, 1.807) is 0 Å². The molecule has 24 heavy (non-hydrogen) atoms. The van der Waals surface area contributed by atoms with Crippen LogP contribution in [0.3, 0.4) is 0 Å². The van der Waals surface area contributed by atoms with Crippen LogP contribution in [0.4, 0.5) is 11.4 Å². The first-order chi connectivity index (χ1) is 11.1. The molecular weight excluding hydrogens is 332 g/mol. The highest BCUT2D eigenvalue weighted by Crippen LogP contribution is 2.39. The summed E-state index contributed by atoms with van der Waals surface area (Å²) in [6, 6.07) is 3.67. The van der Waals surface area contributed by atoms with Crippen LogP contribution in [-0.4, -0.2) is 45.4 Å². The van der Waals surface area contributed by atoms with Crippen LogP contribution in [0.1, 0.15) is 25.7 Å². The zero-order valence-electron chi connectivity index (χ0n) is 14.0. The van der Waals surface area contributed by atoms with Gasteiger partial charge < -0.3 is 10.2 Å². The van der Waals surface area contributed by atoms with Gasteiger partial charge in [0.15, 0.2) is 0 Å². The molecule has 0 heterocycles. The molecule has 0 amide bonds. The molecule has 0 bridgehead atoms. The second-order valence-electron chi connectivity index (χ2n) is 6.82. The second kappa shape index (κ2) is 7.04. The molecule has 1 aliphatic carbocycles. The van der Waals surface area contributed by atoms with Crippen molar-refractivity contribution in [1.29, 1.82) is 0 Å². The number of nitrogens with two attached hydrogens (primary N) is 1. The number of rotatable bonds is 7. The molecule has 0 radical (unpaired) electrons. The molecule has 1 aromatic rings. The first kappa shape index (κ1) is 18.6. The van der Waals surface area contributed by atoms with Crippen molar-refractivity contribution in [2.75, 3.05) is 32.5 Å². The third kappa shape index (κ3) is 4.65. The van der Waals surface area contributed by atoms with Crippen molar-refractivity contribution in [2.24, 2.45) is 10.6 Å². The van der Waals surface area contributed by atoms with Crippen LogP contribution in [0.15, 0.2) is 23.1 Å². The van der Waals surface area contributed by atoms with E-state index in [-0.39, 0.29) is 16.0 Å². The number of primary sulfonamides is 1. The molecule has 2 rings (SSSR count). The van der Waals surface area contributed by atoms with Crippen molar-refractivity contribution >= 4 is 21.4 Å². The quantitative estimate of drug-likeness (QED) is 0.568.